The van der Waals surface area contributed by atoms with Crippen LogP contribution in [0.2, 0.25) is 0 Å². The zero-order chi connectivity index (χ0) is 11.1. The summed E-state index contributed by atoms with van der Waals surface area (Å²) in [4.78, 5) is 0. The molecule has 2 saturated carbocycles. The van der Waals surface area contributed by atoms with Crippen molar-refractivity contribution in [2.24, 2.45) is 0 Å². The summed E-state index contributed by atoms with van der Waals surface area (Å²) in [7, 11) is 1.36. The van der Waals surface area contributed by atoms with Crippen LogP contribution < -0.4 is 0 Å². The fourth-order valence-electron chi connectivity index (χ4n) is 2.93. The van der Waals surface area contributed by atoms with Gasteiger partial charge in [-0.05, 0) is 0 Å². The molecule has 6 nitrogen and oxygen atoms in total. The van der Waals surface area contributed by atoms with E-state index in [1.807, 2.05) is 0 Å². The Morgan fingerprint density at radius 3 is 2.47 bits per heavy atom. The summed E-state index contributed by atoms with van der Waals surface area (Å²) < 4.78 is 10.4. The predicted octanol–water partition coefficient (Wildman–Crippen LogP) is -2.28. The van der Waals surface area contributed by atoms with Crippen molar-refractivity contribution in [3.63, 3.8) is 0 Å². The number of fused-ring (bicyclic) bond motifs is 3. The Kier molecular flexibility index (Phi) is 1.47. The van der Waals surface area contributed by atoms with E-state index in [2.05, 4.69) is 0 Å². The summed E-state index contributed by atoms with van der Waals surface area (Å²) >= 11 is 0. The largest absolute Gasteiger partial charge is 0.394 e. The summed E-state index contributed by atoms with van der Waals surface area (Å²) in [5, 5.41) is 39.3. The number of methoxy groups -OCH3 is 1. The minimum atomic E-state index is -1.61. The van der Waals surface area contributed by atoms with Gasteiger partial charge in [-0.25, -0.2) is 0 Å². The van der Waals surface area contributed by atoms with Crippen molar-refractivity contribution < 1.29 is 29.9 Å². The molecule has 86 valence electrons. The molecule has 0 aromatic carbocycles. The van der Waals surface area contributed by atoms with E-state index in [4.69, 9.17) is 14.6 Å². The van der Waals surface area contributed by atoms with Gasteiger partial charge in [-0.3, -0.25) is 0 Å². The van der Waals surface area contributed by atoms with Crippen LogP contribution >= 0.6 is 0 Å². The van der Waals surface area contributed by atoms with Crippen LogP contribution in [-0.4, -0.2) is 62.8 Å². The van der Waals surface area contributed by atoms with Crippen molar-refractivity contribution in [1.29, 1.82) is 0 Å². The molecule has 0 radical (unpaired) electrons. The molecule has 15 heavy (non-hydrogen) atoms. The van der Waals surface area contributed by atoms with Gasteiger partial charge in [-0.1, -0.05) is 0 Å². The molecule has 5 atom stereocenters. The third-order valence-corrected chi connectivity index (χ3v) is 4.16. The Morgan fingerprint density at radius 1 is 1.27 bits per heavy atom. The lowest BCUT2D eigenvalue weighted by atomic mass is 9.98. The second-order valence-corrected chi connectivity index (χ2v) is 4.74. The van der Waals surface area contributed by atoms with Gasteiger partial charge in [-0.15, -0.1) is 0 Å². The van der Waals surface area contributed by atoms with Crippen molar-refractivity contribution in [2.75, 3.05) is 13.7 Å². The molecule has 3 aliphatic rings. The standard InChI is InChI=1S/C9H14O6/c1-14-9-4-8(9,13)7(12)3-6(7,11)5(2-10)15-9/h5,10-13H,2-4H2,1H3/t5-,6-,7+,8-,9?/m1/s1. The van der Waals surface area contributed by atoms with Gasteiger partial charge >= 0.3 is 0 Å². The first-order valence-electron chi connectivity index (χ1n) is 4.90. The van der Waals surface area contributed by atoms with Gasteiger partial charge in [0.15, 0.2) is 5.60 Å². The van der Waals surface area contributed by atoms with Crippen LogP contribution in [0.15, 0.2) is 0 Å². The molecule has 1 heterocycles. The second kappa shape index (κ2) is 2.22. The van der Waals surface area contributed by atoms with Crippen molar-refractivity contribution >= 4 is 0 Å². The maximum atomic E-state index is 10.1. The van der Waals surface area contributed by atoms with Gasteiger partial charge in [-0.2, -0.15) is 0 Å². The maximum Gasteiger partial charge on any atom is 0.203 e. The molecule has 0 amide bonds. The van der Waals surface area contributed by atoms with E-state index < -0.39 is 35.3 Å². The van der Waals surface area contributed by atoms with E-state index in [9.17, 15) is 15.3 Å². The average Bonchev–Trinajstić information content (AvgIpc) is 2.99. The molecule has 1 aliphatic heterocycles. The molecule has 0 aromatic rings. The third-order valence-electron chi connectivity index (χ3n) is 4.16. The fourth-order valence-corrected chi connectivity index (χ4v) is 2.93. The second-order valence-electron chi connectivity index (χ2n) is 4.74. The van der Waals surface area contributed by atoms with Gasteiger partial charge < -0.3 is 29.9 Å². The first-order valence-corrected chi connectivity index (χ1v) is 4.90. The summed E-state index contributed by atoms with van der Waals surface area (Å²) in [6, 6.07) is 0. The van der Waals surface area contributed by atoms with Crippen LogP contribution in [0.5, 0.6) is 0 Å². The Bertz CT molecular complexity index is 335. The molecule has 0 spiro atoms. The van der Waals surface area contributed by atoms with Crippen LogP contribution in [0, 0.1) is 0 Å². The van der Waals surface area contributed by atoms with Crippen LogP contribution in [0.25, 0.3) is 0 Å². The molecule has 3 fully saturated rings. The highest BCUT2D eigenvalue weighted by molar-refractivity contribution is 5.42. The highest BCUT2D eigenvalue weighted by atomic mass is 16.7. The summed E-state index contributed by atoms with van der Waals surface area (Å²) in [6.07, 6.45) is -0.788. The molecular formula is C9H14O6. The SMILES string of the molecule is COC12C[C@@]1(O)[C@]1(O)C[C@@]1(O)[C@@H](CO)O2. The van der Waals surface area contributed by atoms with E-state index in [1.54, 1.807) is 0 Å². The Hall–Kier alpha value is -0.240. The molecule has 4 N–H and O–H groups in total. The van der Waals surface area contributed by atoms with Gasteiger partial charge in [0.25, 0.3) is 0 Å². The number of hydrogen-bond donors (Lipinski definition) is 4. The molecule has 0 aromatic heterocycles. The van der Waals surface area contributed by atoms with E-state index in [1.165, 1.54) is 7.11 Å². The minimum absolute atomic E-state index is 0.00678. The first-order chi connectivity index (χ1) is 6.89. The van der Waals surface area contributed by atoms with E-state index in [-0.39, 0.29) is 12.8 Å². The van der Waals surface area contributed by atoms with Gasteiger partial charge in [0.2, 0.25) is 5.79 Å². The number of aliphatic hydroxyl groups is 4. The van der Waals surface area contributed by atoms with Crippen LogP contribution in [-0.2, 0) is 9.47 Å². The topological polar surface area (TPSA) is 99.4 Å². The Balaban J connectivity index is 2.01. The molecular weight excluding hydrogens is 204 g/mol. The predicted molar refractivity (Wildman–Crippen MR) is 45.8 cm³/mol. The van der Waals surface area contributed by atoms with Crippen LogP contribution in [0.3, 0.4) is 0 Å². The highest BCUT2D eigenvalue weighted by Gasteiger charge is 2.95. The quantitative estimate of drug-likeness (QED) is 0.417. The first kappa shape index (κ1) is 9.95. The van der Waals surface area contributed by atoms with Crippen molar-refractivity contribution in [3.8, 4) is 0 Å². The molecule has 1 unspecified atom stereocenters. The van der Waals surface area contributed by atoms with Crippen molar-refractivity contribution in [3.05, 3.63) is 0 Å². The zero-order valence-electron chi connectivity index (χ0n) is 8.30. The molecule has 3 rings (SSSR count). The van der Waals surface area contributed by atoms with E-state index >= 15 is 0 Å². The number of aliphatic hydroxyl groups excluding tert-OH is 1. The Morgan fingerprint density at radius 2 is 1.93 bits per heavy atom. The smallest absolute Gasteiger partial charge is 0.203 e. The zero-order valence-corrected chi connectivity index (χ0v) is 8.30. The normalized spacial score (nSPS) is 65.8. The minimum Gasteiger partial charge on any atom is -0.394 e. The number of hydrogen-bond acceptors (Lipinski definition) is 6. The fraction of sp³-hybridized carbons (Fsp3) is 1.00. The number of ether oxygens (including phenoxy) is 2. The Labute approximate surface area is 86.0 Å². The summed E-state index contributed by atoms with van der Waals surface area (Å²) in [5.41, 5.74) is -4.70. The third kappa shape index (κ3) is 0.739. The van der Waals surface area contributed by atoms with E-state index in [0.717, 1.165) is 0 Å². The number of rotatable bonds is 2. The lowest BCUT2D eigenvalue weighted by Crippen LogP contribution is -2.59. The maximum absolute atomic E-state index is 10.1. The highest BCUT2D eigenvalue weighted by Crippen LogP contribution is 2.74. The molecule has 0 bridgehead atoms. The van der Waals surface area contributed by atoms with Gasteiger partial charge in [0.1, 0.15) is 17.3 Å². The van der Waals surface area contributed by atoms with E-state index in [0.29, 0.717) is 0 Å². The summed E-state index contributed by atoms with van der Waals surface area (Å²) in [6.45, 7) is -0.417. The lowest BCUT2D eigenvalue weighted by Gasteiger charge is -2.37. The van der Waals surface area contributed by atoms with Crippen molar-refractivity contribution in [2.45, 2.75) is 41.5 Å². The monoisotopic (exact) mass is 218 g/mol. The summed E-state index contributed by atoms with van der Waals surface area (Å²) in [5.74, 6) is -1.27. The molecule has 2 aliphatic carbocycles. The molecule has 1 saturated heterocycles. The van der Waals surface area contributed by atoms with Crippen LogP contribution in [0.1, 0.15) is 12.8 Å². The van der Waals surface area contributed by atoms with Crippen LogP contribution in [0.4, 0.5) is 0 Å². The van der Waals surface area contributed by atoms with Gasteiger partial charge in [0.05, 0.1) is 6.61 Å². The van der Waals surface area contributed by atoms with Gasteiger partial charge in [0, 0.05) is 20.0 Å². The lowest BCUT2D eigenvalue weighted by molar-refractivity contribution is -0.297. The molecule has 6 heteroatoms. The average molecular weight is 218 g/mol. The van der Waals surface area contributed by atoms with Crippen molar-refractivity contribution in [1.82, 2.24) is 0 Å².